The van der Waals surface area contributed by atoms with Crippen molar-refractivity contribution in [3.63, 3.8) is 0 Å². The van der Waals surface area contributed by atoms with Crippen LogP contribution in [-0.2, 0) is 0 Å². The van der Waals surface area contributed by atoms with Crippen molar-refractivity contribution in [2.24, 2.45) is 0 Å². The molecule has 2 amide bonds. The normalized spacial score (nSPS) is 11.0. The molecule has 0 aliphatic carbocycles. The third-order valence-corrected chi connectivity index (χ3v) is 4.24. The Hall–Kier alpha value is -3.81. The molecule has 0 radical (unpaired) electrons. The van der Waals surface area contributed by atoms with Crippen LogP contribution in [0.5, 0.6) is 0 Å². The molecule has 4 rings (SSSR count). The van der Waals surface area contributed by atoms with Crippen LogP contribution in [-0.4, -0.2) is 30.8 Å². The van der Waals surface area contributed by atoms with Crippen LogP contribution < -0.4 is 10.6 Å². The Balaban J connectivity index is 1.54. The average molecular weight is 373 g/mol. The number of anilines is 2. The van der Waals surface area contributed by atoms with Crippen molar-refractivity contribution in [2.75, 3.05) is 10.6 Å². The van der Waals surface area contributed by atoms with Gasteiger partial charge in [0.2, 0.25) is 0 Å². The van der Waals surface area contributed by atoms with Crippen molar-refractivity contribution in [1.82, 2.24) is 24.7 Å². The second-order valence-corrected chi connectivity index (χ2v) is 6.52. The number of hydrogen-bond acceptors (Lipinski definition) is 5. The maximum absolute atomic E-state index is 12.5. The highest BCUT2D eigenvalue weighted by molar-refractivity contribution is 6.05. The molecule has 3 aromatic heterocycles. The number of pyridine rings is 2. The van der Waals surface area contributed by atoms with Crippen LogP contribution in [0.15, 0.2) is 61.1 Å². The van der Waals surface area contributed by atoms with Crippen molar-refractivity contribution in [3.05, 3.63) is 61.1 Å². The first-order valence-corrected chi connectivity index (χ1v) is 8.90. The van der Waals surface area contributed by atoms with Crippen LogP contribution in [0.4, 0.5) is 16.3 Å². The van der Waals surface area contributed by atoms with Gasteiger partial charge in [-0.25, -0.2) is 9.78 Å². The van der Waals surface area contributed by atoms with Crippen LogP contribution in [0.2, 0.25) is 0 Å². The lowest BCUT2D eigenvalue weighted by Crippen LogP contribution is -2.20. The van der Waals surface area contributed by atoms with Gasteiger partial charge in [-0.15, -0.1) is 10.2 Å². The maximum Gasteiger partial charge on any atom is 0.324 e. The molecule has 8 nitrogen and oxygen atoms in total. The van der Waals surface area contributed by atoms with Crippen molar-refractivity contribution < 1.29 is 4.79 Å². The summed E-state index contributed by atoms with van der Waals surface area (Å²) in [5.41, 5.74) is 2.13. The van der Waals surface area contributed by atoms with Gasteiger partial charge in [0.25, 0.3) is 0 Å². The Morgan fingerprint density at radius 1 is 1.04 bits per heavy atom. The lowest BCUT2D eigenvalue weighted by Gasteiger charge is -2.11. The SMILES string of the molecule is CC(C)n1cnnc1-c1cccc(NC(=O)Nc2cccc3ncccc23)n1. The van der Waals surface area contributed by atoms with Gasteiger partial charge in [0.05, 0.1) is 11.2 Å². The van der Waals surface area contributed by atoms with E-state index in [0.717, 1.165) is 10.9 Å². The highest BCUT2D eigenvalue weighted by atomic mass is 16.2. The van der Waals surface area contributed by atoms with E-state index < -0.39 is 0 Å². The Morgan fingerprint density at radius 3 is 2.75 bits per heavy atom. The van der Waals surface area contributed by atoms with Crippen molar-refractivity contribution in [1.29, 1.82) is 0 Å². The number of amides is 2. The van der Waals surface area contributed by atoms with Crippen LogP contribution in [0.1, 0.15) is 19.9 Å². The fourth-order valence-electron chi connectivity index (χ4n) is 2.91. The van der Waals surface area contributed by atoms with E-state index in [1.165, 1.54) is 0 Å². The Bertz CT molecular complexity index is 1130. The number of rotatable bonds is 4. The first-order valence-electron chi connectivity index (χ1n) is 8.90. The lowest BCUT2D eigenvalue weighted by atomic mass is 10.2. The smallest absolute Gasteiger partial charge is 0.310 e. The number of fused-ring (bicyclic) bond motifs is 1. The second kappa shape index (κ2) is 7.43. The van der Waals surface area contributed by atoms with Crippen molar-refractivity contribution in [3.8, 4) is 11.5 Å². The summed E-state index contributed by atoms with van der Waals surface area (Å²) in [4.78, 5) is 21.3. The quantitative estimate of drug-likeness (QED) is 0.561. The van der Waals surface area contributed by atoms with Crippen LogP contribution in [0.25, 0.3) is 22.4 Å². The first kappa shape index (κ1) is 17.6. The molecule has 4 aromatic rings. The average Bonchev–Trinajstić information content (AvgIpc) is 3.19. The van der Waals surface area contributed by atoms with Crippen molar-refractivity contribution >= 4 is 28.4 Å². The zero-order valence-electron chi connectivity index (χ0n) is 15.5. The fourth-order valence-corrected chi connectivity index (χ4v) is 2.91. The number of benzene rings is 1. The number of hydrogen-bond donors (Lipinski definition) is 2. The van der Waals surface area contributed by atoms with E-state index >= 15 is 0 Å². The van der Waals surface area contributed by atoms with E-state index in [1.54, 1.807) is 18.6 Å². The molecule has 8 heteroatoms. The Kier molecular flexibility index (Phi) is 4.67. The molecule has 0 unspecified atom stereocenters. The van der Waals surface area contributed by atoms with E-state index in [4.69, 9.17) is 0 Å². The van der Waals surface area contributed by atoms with Gasteiger partial charge in [-0.3, -0.25) is 10.3 Å². The monoisotopic (exact) mass is 373 g/mol. The van der Waals surface area contributed by atoms with Gasteiger partial charge >= 0.3 is 6.03 Å². The molecule has 140 valence electrons. The van der Waals surface area contributed by atoms with E-state index in [9.17, 15) is 4.79 Å². The topological polar surface area (TPSA) is 97.6 Å². The highest BCUT2D eigenvalue weighted by Crippen LogP contribution is 2.22. The summed E-state index contributed by atoms with van der Waals surface area (Å²) in [5.74, 6) is 1.07. The van der Waals surface area contributed by atoms with Crippen LogP contribution in [0, 0.1) is 0 Å². The first-order chi connectivity index (χ1) is 13.6. The molecule has 0 fully saturated rings. The largest absolute Gasteiger partial charge is 0.324 e. The molecular formula is C20H19N7O. The van der Waals surface area contributed by atoms with Gasteiger partial charge in [-0.1, -0.05) is 12.1 Å². The zero-order chi connectivity index (χ0) is 19.5. The summed E-state index contributed by atoms with van der Waals surface area (Å²) >= 11 is 0. The Morgan fingerprint density at radius 2 is 1.89 bits per heavy atom. The number of aromatic nitrogens is 5. The molecule has 3 heterocycles. The lowest BCUT2D eigenvalue weighted by molar-refractivity contribution is 0.262. The predicted molar refractivity (Wildman–Crippen MR) is 108 cm³/mol. The molecule has 28 heavy (non-hydrogen) atoms. The van der Waals surface area contributed by atoms with Gasteiger partial charge in [0, 0.05) is 17.6 Å². The van der Waals surface area contributed by atoms with Gasteiger partial charge in [-0.05, 0) is 50.2 Å². The van der Waals surface area contributed by atoms with Gasteiger partial charge in [0.1, 0.15) is 17.8 Å². The molecule has 0 spiro atoms. The number of nitrogens with zero attached hydrogens (tertiary/aromatic N) is 5. The standard InChI is InChI=1S/C20H19N7O/c1-13(2)27-12-22-26-19(27)17-9-4-10-18(23-17)25-20(28)24-16-8-3-7-15-14(16)6-5-11-21-15/h3-13H,1-2H3,(H2,23,24,25,28). The second-order valence-electron chi connectivity index (χ2n) is 6.52. The number of carbonyl (C=O) groups excluding carboxylic acids is 1. The highest BCUT2D eigenvalue weighted by Gasteiger charge is 2.13. The molecule has 2 N–H and O–H groups in total. The summed E-state index contributed by atoms with van der Waals surface area (Å²) in [5, 5.41) is 14.6. The molecule has 0 aliphatic heterocycles. The number of nitrogens with one attached hydrogen (secondary N) is 2. The minimum absolute atomic E-state index is 0.201. The number of carbonyl (C=O) groups is 1. The maximum atomic E-state index is 12.5. The van der Waals surface area contributed by atoms with Gasteiger partial charge in [0.15, 0.2) is 5.82 Å². The molecule has 0 saturated carbocycles. The van der Waals surface area contributed by atoms with E-state index in [2.05, 4.69) is 30.8 Å². The summed E-state index contributed by atoms with van der Waals surface area (Å²) in [7, 11) is 0. The summed E-state index contributed by atoms with van der Waals surface area (Å²) in [6.45, 7) is 4.09. The van der Waals surface area contributed by atoms with Crippen LogP contribution >= 0.6 is 0 Å². The van der Waals surface area contributed by atoms with E-state index in [1.807, 2.05) is 60.9 Å². The predicted octanol–water partition coefficient (Wildman–Crippen LogP) is 4.11. The summed E-state index contributed by atoms with van der Waals surface area (Å²) < 4.78 is 1.93. The van der Waals surface area contributed by atoms with Gasteiger partial charge < -0.3 is 9.88 Å². The third-order valence-electron chi connectivity index (χ3n) is 4.24. The third kappa shape index (κ3) is 3.52. The zero-order valence-corrected chi connectivity index (χ0v) is 15.5. The molecule has 0 atom stereocenters. The van der Waals surface area contributed by atoms with Crippen LogP contribution in [0.3, 0.4) is 0 Å². The summed E-state index contributed by atoms with van der Waals surface area (Å²) in [6, 6.07) is 14.5. The van der Waals surface area contributed by atoms with Crippen molar-refractivity contribution in [2.45, 2.75) is 19.9 Å². The molecule has 0 saturated heterocycles. The number of urea groups is 1. The van der Waals surface area contributed by atoms with Gasteiger partial charge in [-0.2, -0.15) is 0 Å². The molecule has 1 aromatic carbocycles. The minimum Gasteiger partial charge on any atom is -0.310 e. The fraction of sp³-hybridized carbons (Fsp3) is 0.150. The molecule has 0 aliphatic rings. The minimum atomic E-state index is -0.383. The Labute approximate surface area is 161 Å². The molecule has 0 bridgehead atoms. The van der Waals surface area contributed by atoms with E-state index in [-0.39, 0.29) is 12.1 Å². The summed E-state index contributed by atoms with van der Waals surface area (Å²) in [6.07, 6.45) is 3.39. The molecular weight excluding hydrogens is 354 g/mol. The van der Waals surface area contributed by atoms with E-state index in [0.29, 0.717) is 23.0 Å².